The topological polar surface area (TPSA) is 81.4 Å². The summed E-state index contributed by atoms with van der Waals surface area (Å²) in [5.41, 5.74) is 5.90. The molecule has 0 aliphatic heterocycles. The fourth-order valence-corrected chi connectivity index (χ4v) is 2.18. The second kappa shape index (κ2) is 6.59. The molecule has 1 saturated carbocycles. The lowest BCUT2D eigenvalue weighted by molar-refractivity contribution is -0.144. The summed E-state index contributed by atoms with van der Waals surface area (Å²) in [7, 11) is 1.35. The number of carbonyl (C=O) groups is 2. The van der Waals surface area contributed by atoms with Gasteiger partial charge in [-0.05, 0) is 18.8 Å². The first-order chi connectivity index (χ1) is 8.04. The lowest BCUT2D eigenvalue weighted by Crippen LogP contribution is -2.35. The van der Waals surface area contributed by atoms with Crippen molar-refractivity contribution in [1.29, 1.82) is 0 Å². The van der Waals surface area contributed by atoms with Crippen LogP contribution in [0.1, 0.15) is 32.6 Å². The van der Waals surface area contributed by atoms with E-state index in [4.69, 9.17) is 5.73 Å². The van der Waals surface area contributed by atoms with Gasteiger partial charge in [0.1, 0.15) is 0 Å². The highest BCUT2D eigenvalue weighted by molar-refractivity contribution is 5.78. The van der Waals surface area contributed by atoms with E-state index in [1.807, 2.05) is 0 Å². The molecule has 1 unspecified atom stereocenters. The van der Waals surface area contributed by atoms with Crippen molar-refractivity contribution in [3.63, 3.8) is 0 Å². The Morgan fingerprint density at radius 3 is 2.71 bits per heavy atom. The quantitative estimate of drug-likeness (QED) is 0.685. The molecule has 0 saturated heterocycles. The van der Waals surface area contributed by atoms with Crippen LogP contribution < -0.4 is 11.1 Å². The molecule has 1 fully saturated rings. The summed E-state index contributed by atoms with van der Waals surface area (Å²) in [4.78, 5) is 22.8. The number of esters is 1. The summed E-state index contributed by atoms with van der Waals surface area (Å²) in [6.45, 7) is 2.06. The average Bonchev–Trinajstić information content (AvgIpc) is 2.71. The molecule has 1 amide bonds. The molecule has 0 heterocycles. The van der Waals surface area contributed by atoms with E-state index in [0.717, 1.165) is 19.3 Å². The van der Waals surface area contributed by atoms with E-state index in [2.05, 4.69) is 10.1 Å². The highest BCUT2D eigenvalue weighted by Gasteiger charge is 2.26. The molecule has 17 heavy (non-hydrogen) atoms. The number of hydrogen-bond acceptors (Lipinski definition) is 4. The molecule has 0 radical (unpaired) electrons. The minimum atomic E-state index is -0.304. The van der Waals surface area contributed by atoms with Gasteiger partial charge in [-0.2, -0.15) is 0 Å². The van der Waals surface area contributed by atoms with Gasteiger partial charge in [0.2, 0.25) is 5.91 Å². The van der Waals surface area contributed by atoms with Crippen LogP contribution in [0.25, 0.3) is 0 Å². The Morgan fingerprint density at radius 1 is 1.47 bits per heavy atom. The smallest absolute Gasteiger partial charge is 0.310 e. The van der Waals surface area contributed by atoms with E-state index in [-0.39, 0.29) is 23.8 Å². The van der Waals surface area contributed by atoms with Crippen LogP contribution >= 0.6 is 0 Å². The molecule has 1 rings (SSSR count). The van der Waals surface area contributed by atoms with Crippen molar-refractivity contribution >= 4 is 11.9 Å². The Balaban J connectivity index is 2.23. The summed E-state index contributed by atoms with van der Waals surface area (Å²) in [5.74, 6) is -0.337. The minimum absolute atomic E-state index is 0.0249. The van der Waals surface area contributed by atoms with Crippen molar-refractivity contribution in [3.8, 4) is 0 Å². The van der Waals surface area contributed by atoms with Crippen molar-refractivity contribution < 1.29 is 14.3 Å². The fourth-order valence-electron chi connectivity index (χ4n) is 2.18. The third kappa shape index (κ3) is 4.34. The van der Waals surface area contributed by atoms with Gasteiger partial charge in [-0.3, -0.25) is 9.59 Å². The first kappa shape index (κ1) is 14.0. The normalized spacial score (nSPS) is 25.4. The molecule has 0 aromatic carbocycles. The summed E-state index contributed by atoms with van der Waals surface area (Å²) >= 11 is 0. The summed E-state index contributed by atoms with van der Waals surface area (Å²) in [5, 5.41) is 2.75. The largest absolute Gasteiger partial charge is 0.469 e. The van der Waals surface area contributed by atoms with Gasteiger partial charge >= 0.3 is 5.97 Å². The monoisotopic (exact) mass is 242 g/mol. The maximum atomic E-state index is 11.6. The van der Waals surface area contributed by atoms with Gasteiger partial charge in [-0.25, -0.2) is 0 Å². The molecule has 98 valence electrons. The second-order valence-corrected chi connectivity index (χ2v) is 4.79. The lowest BCUT2D eigenvalue weighted by Gasteiger charge is -2.15. The zero-order valence-electron chi connectivity index (χ0n) is 10.6. The number of ether oxygens (including phenoxy) is 1. The third-order valence-electron chi connectivity index (χ3n) is 3.37. The number of carbonyl (C=O) groups excluding carboxylic acids is 2. The van der Waals surface area contributed by atoms with Crippen LogP contribution in [0.15, 0.2) is 0 Å². The summed E-state index contributed by atoms with van der Waals surface area (Å²) < 4.78 is 4.58. The lowest BCUT2D eigenvalue weighted by atomic mass is 10.00. The van der Waals surface area contributed by atoms with Crippen molar-refractivity contribution in [2.45, 2.75) is 38.6 Å². The highest BCUT2D eigenvalue weighted by atomic mass is 16.5. The van der Waals surface area contributed by atoms with Gasteiger partial charge in [-0.15, -0.1) is 0 Å². The van der Waals surface area contributed by atoms with Crippen LogP contribution in [0, 0.1) is 11.8 Å². The first-order valence-corrected chi connectivity index (χ1v) is 6.14. The van der Waals surface area contributed by atoms with E-state index in [1.54, 1.807) is 6.92 Å². The molecule has 0 bridgehead atoms. The maximum absolute atomic E-state index is 11.6. The fraction of sp³-hybridized carbons (Fsp3) is 0.833. The van der Waals surface area contributed by atoms with Gasteiger partial charge < -0.3 is 15.8 Å². The highest BCUT2D eigenvalue weighted by Crippen LogP contribution is 2.26. The number of nitrogens with one attached hydrogen (secondary N) is 1. The molecule has 5 heteroatoms. The van der Waals surface area contributed by atoms with E-state index >= 15 is 0 Å². The third-order valence-corrected chi connectivity index (χ3v) is 3.37. The van der Waals surface area contributed by atoms with Gasteiger partial charge in [0.05, 0.1) is 13.0 Å². The number of amides is 1. The van der Waals surface area contributed by atoms with Crippen molar-refractivity contribution in [2.24, 2.45) is 17.6 Å². The predicted molar refractivity (Wildman–Crippen MR) is 64.1 cm³/mol. The zero-order valence-corrected chi connectivity index (χ0v) is 10.6. The van der Waals surface area contributed by atoms with Crippen molar-refractivity contribution in [3.05, 3.63) is 0 Å². The van der Waals surface area contributed by atoms with E-state index < -0.39 is 0 Å². The van der Waals surface area contributed by atoms with Gasteiger partial charge in [0, 0.05) is 19.0 Å². The van der Waals surface area contributed by atoms with Gasteiger partial charge in [0.25, 0.3) is 0 Å². The Morgan fingerprint density at radius 2 is 2.18 bits per heavy atom. The molecule has 3 N–H and O–H groups in total. The molecule has 0 aromatic rings. The van der Waals surface area contributed by atoms with Crippen LogP contribution in [0.3, 0.4) is 0 Å². The molecule has 1 aliphatic rings. The van der Waals surface area contributed by atoms with Crippen LogP contribution in [0.2, 0.25) is 0 Å². The summed E-state index contributed by atoms with van der Waals surface area (Å²) in [6, 6.07) is 0.152. The Hall–Kier alpha value is -1.10. The average molecular weight is 242 g/mol. The van der Waals surface area contributed by atoms with Crippen LogP contribution in [-0.2, 0) is 14.3 Å². The predicted octanol–water partition coefficient (Wildman–Crippen LogP) is 0.429. The Labute approximate surface area is 102 Å². The molecule has 5 nitrogen and oxygen atoms in total. The van der Waals surface area contributed by atoms with Crippen LogP contribution in [-0.4, -0.2) is 31.6 Å². The number of nitrogens with two attached hydrogens (primary N) is 1. The maximum Gasteiger partial charge on any atom is 0.310 e. The minimum Gasteiger partial charge on any atom is -0.469 e. The van der Waals surface area contributed by atoms with E-state index in [1.165, 1.54) is 7.11 Å². The standard InChI is InChI=1S/C12H22N2O3/c1-8(12(16)17-2)7-14-11(15)6-9-4-3-5-10(9)13/h8-10H,3-7,13H2,1-2H3,(H,14,15)/t8?,9-,10+/m0/s1. The van der Waals surface area contributed by atoms with E-state index in [9.17, 15) is 9.59 Å². The number of rotatable bonds is 5. The first-order valence-electron chi connectivity index (χ1n) is 6.14. The van der Waals surface area contributed by atoms with Crippen LogP contribution in [0.5, 0.6) is 0 Å². The van der Waals surface area contributed by atoms with Crippen molar-refractivity contribution in [1.82, 2.24) is 5.32 Å². The molecule has 1 aliphatic carbocycles. The van der Waals surface area contributed by atoms with Crippen molar-refractivity contribution in [2.75, 3.05) is 13.7 Å². The SMILES string of the molecule is COC(=O)C(C)CNC(=O)C[C@@H]1CCC[C@H]1N. The molecular formula is C12H22N2O3. The van der Waals surface area contributed by atoms with Gasteiger partial charge in [0.15, 0.2) is 0 Å². The number of hydrogen-bond donors (Lipinski definition) is 2. The molecule has 3 atom stereocenters. The molecule has 0 aromatic heterocycles. The zero-order chi connectivity index (χ0) is 12.8. The number of methoxy groups -OCH3 is 1. The van der Waals surface area contributed by atoms with Gasteiger partial charge in [-0.1, -0.05) is 13.3 Å². The Kier molecular flexibility index (Phi) is 5.41. The van der Waals surface area contributed by atoms with Crippen LogP contribution in [0.4, 0.5) is 0 Å². The van der Waals surface area contributed by atoms with E-state index in [0.29, 0.717) is 18.9 Å². The molecule has 0 spiro atoms. The summed E-state index contributed by atoms with van der Waals surface area (Å²) in [6.07, 6.45) is 3.62. The Bertz CT molecular complexity index is 281. The molecular weight excluding hydrogens is 220 g/mol. The second-order valence-electron chi connectivity index (χ2n) is 4.79.